The average molecular weight is 528 g/mol. The third-order valence-electron chi connectivity index (χ3n) is 7.43. The van der Waals surface area contributed by atoms with Gasteiger partial charge in [-0.2, -0.15) is 0 Å². The molecule has 0 unspecified atom stereocenters. The van der Waals surface area contributed by atoms with Crippen LogP contribution in [0.1, 0.15) is 76.2 Å². The molecule has 208 valence electrons. The number of anilines is 1. The second-order valence-electron chi connectivity index (χ2n) is 11.4. The molecule has 4 rings (SSSR count). The maximum absolute atomic E-state index is 13.7. The van der Waals surface area contributed by atoms with Crippen LogP contribution in [0.5, 0.6) is 0 Å². The first-order chi connectivity index (χ1) is 18.2. The number of benzene rings is 1. The molecule has 1 saturated heterocycles. The number of nitrogens with one attached hydrogen (secondary N) is 2. The standard InChI is InChI=1S/C29H41N3O6/c1-29(2,3)38-28(35)32-14-13-22(19-9-6-5-7-10-19)25(32)26(33)30-21-11-12-23-20(17-21)18-24(31-23)27(34)37-16-8-15-36-4/h11-12,17-19,22,25,31H,5-10,13-16H2,1-4H3,(H,30,33)/t22-,25-/m0/s1. The van der Waals surface area contributed by atoms with E-state index < -0.39 is 23.7 Å². The number of hydrogen-bond donors (Lipinski definition) is 2. The minimum atomic E-state index is -0.636. The molecule has 9 heteroatoms. The third-order valence-corrected chi connectivity index (χ3v) is 7.43. The van der Waals surface area contributed by atoms with Gasteiger partial charge in [0.15, 0.2) is 0 Å². The Morgan fingerprint density at radius 1 is 1.05 bits per heavy atom. The topological polar surface area (TPSA) is 110 Å². The fraction of sp³-hybridized carbons (Fsp3) is 0.621. The van der Waals surface area contributed by atoms with E-state index in [0.717, 1.165) is 30.2 Å². The van der Waals surface area contributed by atoms with E-state index >= 15 is 0 Å². The van der Waals surface area contributed by atoms with Crippen molar-refractivity contribution >= 4 is 34.6 Å². The molecule has 1 aromatic heterocycles. The van der Waals surface area contributed by atoms with Gasteiger partial charge in [-0.3, -0.25) is 9.69 Å². The highest BCUT2D eigenvalue weighted by Gasteiger charge is 2.46. The van der Waals surface area contributed by atoms with Gasteiger partial charge in [-0.1, -0.05) is 32.1 Å². The van der Waals surface area contributed by atoms with E-state index in [0.29, 0.717) is 36.9 Å². The van der Waals surface area contributed by atoms with Crippen LogP contribution in [0.25, 0.3) is 10.9 Å². The summed E-state index contributed by atoms with van der Waals surface area (Å²) in [6, 6.07) is 6.59. The number of nitrogens with zero attached hydrogens (tertiary/aromatic N) is 1. The number of hydrogen-bond acceptors (Lipinski definition) is 6. The maximum Gasteiger partial charge on any atom is 0.410 e. The summed E-state index contributed by atoms with van der Waals surface area (Å²) in [5.41, 5.74) is 1.09. The molecule has 1 saturated carbocycles. The molecule has 2 heterocycles. The Labute approximate surface area is 224 Å². The molecule has 1 aromatic carbocycles. The maximum atomic E-state index is 13.7. The van der Waals surface area contributed by atoms with E-state index in [4.69, 9.17) is 14.2 Å². The Morgan fingerprint density at radius 3 is 2.53 bits per heavy atom. The molecule has 0 radical (unpaired) electrons. The number of aromatic amines is 1. The van der Waals surface area contributed by atoms with Crippen LogP contribution < -0.4 is 5.32 Å². The zero-order valence-corrected chi connectivity index (χ0v) is 23.0. The molecule has 2 aliphatic rings. The van der Waals surface area contributed by atoms with E-state index in [1.807, 2.05) is 32.9 Å². The first-order valence-electron chi connectivity index (χ1n) is 13.8. The average Bonchev–Trinajstić information content (AvgIpc) is 3.51. The number of carbonyl (C=O) groups excluding carboxylic acids is 3. The van der Waals surface area contributed by atoms with Crippen molar-refractivity contribution in [3.05, 3.63) is 30.0 Å². The number of H-pyrrole nitrogens is 1. The summed E-state index contributed by atoms with van der Waals surface area (Å²) in [6.45, 7) is 6.83. The fourth-order valence-corrected chi connectivity index (χ4v) is 5.72. The Bertz CT molecular complexity index is 1130. The lowest BCUT2D eigenvalue weighted by atomic mass is 9.76. The van der Waals surface area contributed by atoms with E-state index in [1.165, 1.54) is 19.3 Å². The van der Waals surface area contributed by atoms with Gasteiger partial charge < -0.3 is 24.5 Å². The lowest BCUT2D eigenvalue weighted by Gasteiger charge is -2.34. The lowest BCUT2D eigenvalue weighted by Crippen LogP contribution is -2.49. The summed E-state index contributed by atoms with van der Waals surface area (Å²) in [7, 11) is 1.60. The number of carbonyl (C=O) groups is 3. The minimum absolute atomic E-state index is 0.110. The predicted molar refractivity (Wildman–Crippen MR) is 145 cm³/mol. The van der Waals surface area contributed by atoms with Gasteiger partial charge >= 0.3 is 12.1 Å². The van der Waals surface area contributed by atoms with E-state index in [2.05, 4.69) is 10.3 Å². The number of aromatic nitrogens is 1. The molecule has 38 heavy (non-hydrogen) atoms. The largest absolute Gasteiger partial charge is 0.461 e. The van der Waals surface area contributed by atoms with Crippen molar-refractivity contribution in [2.75, 3.05) is 32.2 Å². The van der Waals surface area contributed by atoms with Gasteiger partial charge in [0, 0.05) is 43.3 Å². The van der Waals surface area contributed by atoms with Crippen molar-refractivity contribution in [3.8, 4) is 0 Å². The molecule has 1 aliphatic carbocycles. The summed E-state index contributed by atoms with van der Waals surface area (Å²) >= 11 is 0. The molecule has 2 aromatic rings. The van der Waals surface area contributed by atoms with Gasteiger partial charge in [0.25, 0.3) is 0 Å². The summed E-state index contributed by atoms with van der Waals surface area (Å²) in [5.74, 6) is -0.0939. The van der Waals surface area contributed by atoms with Crippen molar-refractivity contribution < 1.29 is 28.6 Å². The molecule has 2 N–H and O–H groups in total. The Balaban J connectivity index is 1.49. The van der Waals surface area contributed by atoms with Gasteiger partial charge in [-0.15, -0.1) is 0 Å². The smallest absolute Gasteiger partial charge is 0.410 e. The highest BCUT2D eigenvalue weighted by molar-refractivity contribution is 6.00. The summed E-state index contributed by atoms with van der Waals surface area (Å²) in [6.07, 6.45) is 6.75. The van der Waals surface area contributed by atoms with E-state index in [-0.39, 0.29) is 18.4 Å². The molecule has 2 fully saturated rings. The SMILES string of the molecule is COCCCOC(=O)c1cc2cc(NC(=O)[C@@H]3[C@H](C4CCCCC4)CCN3C(=O)OC(C)(C)C)ccc2[nH]1. The second kappa shape index (κ2) is 12.2. The van der Waals surface area contributed by atoms with Crippen LogP contribution >= 0.6 is 0 Å². The number of ether oxygens (including phenoxy) is 3. The summed E-state index contributed by atoms with van der Waals surface area (Å²) < 4.78 is 15.9. The monoisotopic (exact) mass is 527 g/mol. The van der Waals surface area contributed by atoms with Gasteiger partial charge in [0.2, 0.25) is 5.91 Å². The van der Waals surface area contributed by atoms with Crippen LogP contribution in [-0.4, -0.2) is 66.4 Å². The van der Waals surface area contributed by atoms with Gasteiger partial charge in [0.05, 0.1) is 6.61 Å². The molecule has 1 aliphatic heterocycles. The number of likely N-dealkylation sites (tertiary alicyclic amines) is 1. The van der Waals surface area contributed by atoms with Crippen LogP contribution in [0.15, 0.2) is 24.3 Å². The zero-order chi connectivity index (χ0) is 27.3. The summed E-state index contributed by atoms with van der Waals surface area (Å²) in [5, 5.41) is 3.83. The Kier molecular flexibility index (Phi) is 8.97. The second-order valence-corrected chi connectivity index (χ2v) is 11.4. The van der Waals surface area contributed by atoms with Crippen LogP contribution in [0.2, 0.25) is 0 Å². The first kappa shape index (κ1) is 28.0. The molecular formula is C29H41N3O6. The number of amides is 2. The van der Waals surface area contributed by atoms with Crippen LogP contribution in [0.3, 0.4) is 0 Å². The third kappa shape index (κ3) is 6.87. The first-order valence-corrected chi connectivity index (χ1v) is 13.8. The van der Waals surface area contributed by atoms with Crippen LogP contribution in [0.4, 0.5) is 10.5 Å². The van der Waals surface area contributed by atoms with Crippen molar-refractivity contribution in [2.45, 2.75) is 77.4 Å². The van der Waals surface area contributed by atoms with Gasteiger partial charge in [0.1, 0.15) is 17.3 Å². The van der Waals surface area contributed by atoms with Crippen molar-refractivity contribution in [2.24, 2.45) is 11.8 Å². The minimum Gasteiger partial charge on any atom is -0.461 e. The molecular weight excluding hydrogens is 486 g/mol. The molecule has 9 nitrogen and oxygen atoms in total. The van der Waals surface area contributed by atoms with Crippen LogP contribution in [-0.2, 0) is 19.0 Å². The van der Waals surface area contributed by atoms with Crippen molar-refractivity contribution in [3.63, 3.8) is 0 Å². The van der Waals surface area contributed by atoms with Crippen LogP contribution in [0, 0.1) is 11.8 Å². The normalized spacial score (nSPS) is 20.5. The van der Waals surface area contributed by atoms with Crippen molar-refractivity contribution in [1.82, 2.24) is 9.88 Å². The molecule has 2 atom stereocenters. The van der Waals surface area contributed by atoms with E-state index in [9.17, 15) is 14.4 Å². The van der Waals surface area contributed by atoms with E-state index in [1.54, 1.807) is 24.1 Å². The highest BCUT2D eigenvalue weighted by atomic mass is 16.6. The van der Waals surface area contributed by atoms with Crippen molar-refractivity contribution in [1.29, 1.82) is 0 Å². The Hall–Kier alpha value is -3.07. The fourth-order valence-electron chi connectivity index (χ4n) is 5.72. The highest BCUT2D eigenvalue weighted by Crippen LogP contribution is 2.40. The zero-order valence-electron chi connectivity index (χ0n) is 23.0. The number of fused-ring (bicyclic) bond motifs is 1. The number of rotatable bonds is 8. The van der Waals surface area contributed by atoms with Gasteiger partial charge in [-0.25, -0.2) is 9.59 Å². The molecule has 2 amide bonds. The molecule has 0 bridgehead atoms. The predicted octanol–water partition coefficient (Wildman–Crippen LogP) is 5.51. The number of methoxy groups -OCH3 is 1. The molecule has 0 spiro atoms. The lowest BCUT2D eigenvalue weighted by molar-refractivity contribution is -0.122. The Morgan fingerprint density at radius 2 is 1.82 bits per heavy atom. The number of esters is 1. The quantitative estimate of drug-likeness (QED) is 0.346. The summed E-state index contributed by atoms with van der Waals surface area (Å²) in [4.78, 5) is 43.9. The van der Waals surface area contributed by atoms with Gasteiger partial charge in [-0.05, 0) is 63.3 Å².